The minimum Gasteiger partial charge on any atom is -0.489 e. The van der Waals surface area contributed by atoms with Crippen LogP contribution in [0.3, 0.4) is 0 Å². The molecule has 0 radical (unpaired) electrons. The molecule has 4 aromatic carbocycles. The Morgan fingerprint density at radius 1 is 0.821 bits per heavy atom. The number of carbonyl (C=O) groups excluding carboxylic acids is 1. The molecule has 196 valence electrons. The average molecular weight is 557 g/mol. The van der Waals surface area contributed by atoms with E-state index in [1.165, 1.54) is 17.2 Å². The zero-order valence-electron chi connectivity index (χ0n) is 21.5. The van der Waals surface area contributed by atoms with Gasteiger partial charge in [-0.2, -0.15) is 5.26 Å². The van der Waals surface area contributed by atoms with Gasteiger partial charge in [0.05, 0.1) is 0 Å². The van der Waals surface area contributed by atoms with Gasteiger partial charge < -0.3 is 14.8 Å². The van der Waals surface area contributed by atoms with Crippen molar-refractivity contribution in [1.29, 1.82) is 5.26 Å². The summed E-state index contributed by atoms with van der Waals surface area (Å²) < 4.78 is 11.8. The minimum absolute atomic E-state index is 0.0867. The van der Waals surface area contributed by atoms with Crippen molar-refractivity contribution in [3.05, 3.63) is 128 Å². The van der Waals surface area contributed by atoms with E-state index in [1.807, 2.05) is 42.5 Å². The van der Waals surface area contributed by atoms with E-state index in [4.69, 9.17) is 32.7 Å². The maximum atomic E-state index is 12.9. The first-order chi connectivity index (χ1) is 18.8. The molecule has 0 saturated carbocycles. The molecule has 39 heavy (non-hydrogen) atoms. The number of rotatable bonds is 9. The highest BCUT2D eigenvalue weighted by atomic mass is 35.5. The lowest BCUT2D eigenvalue weighted by molar-refractivity contribution is -0.112. The molecule has 0 fully saturated rings. The summed E-state index contributed by atoms with van der Waals surface area (Å²) in [6.45, 7) is 4.83. The standard InChI is InChI=1S/C32H26Cl2N2O3/c1-21-3-4-24(15-22(21)2)20-39-31-14-9-28(34)17-25(31)16-26(18-35)32(37)36-29-10-12-30(13-11-29)38-19-23-5-7-27(33)8-6-23/h3-17H,19-20H2,1-2H3,(H,36,37)/b26-16+. The van der Waals surface area contributed by atoms with Crippen LogP contribution in [0.5, 0.6) is 11.5 Å². The highest BCUT2D eigenvalue weighted by Crippen LogP contribution is 2.27. The third-order valence-corrected chi connectivity index (χ3v) is 6.52. The van der Waals surface area contributed by atoms with Crippen LogP contribution in [0.1, 0.15) is 27.8 Å². The van der Waals surface area contributed by atoms with Gasteiger partial charge in [-0.25, -0.2) is 0 Å². The number of amides is 1. The predicted octanol–water partition coefficient (Wildman–Crippen LogP) is 8.31. The van der Waals surface area contributed by atoms with Gasteiger partial charge in [0.2, 0.25) is 0 Å². The lowest BCUT2D eigenvalue weighted by Crippen LogP contribution is -2.13. The molecule has 1 N–H and O–H groups in total. The summed E-state index contributed by atoms with van der Waals surface area (Å²) >= 11 is 12.1. The number of carbonyl (C=O) groups is 1. The Labute approximate surface area is 238 Å². The lowest BCUT2D eigenvalue weighted by atomic mass is 10.1. The van der Waals surface area contributed by atoms with Crippen molar-refractivity contribution in [2.24, 2.45) is 0 Å². The Hall–Kier alpha value is -4.24. The SMILES string of the molecule is Cc1ccc(COc2ccc(Cl)cc2/C=C(\C#N)C(=O)Nc2ccc(OCc3ccc(Cl)cc3)cc2)cc1C. The van der Waals surface area contributed by atoms with E-state index < -0.39 is 5.91 Å². The molecule has 0 bridgehead atoms. The average Bonchev–Trinajstić information content (AvgIpc) is 2.93. The van der Waals surface area contributed by atoms with Crippen LogP contribution in [-0.4, -0.2) is 5.91 Å². The monoisotopic (exact) mass is 556 g/mol. The summed E-state index contributed by atoms with van der Waals surface area (Å²) in [6, 6.07) is 27.5. The maximum Gasteiger partial charge on any atom is 0.266 e. The highest BCUT2D eigenvalue weighted by Gasteiger charge is 2.13. The zero-order valence-corrected chi connectivity index (χ0v) is 23.0. The second-order valence-electron chi connectivity index (χ2n) is 8.95. The zero-order chi connectivity index (χ0) is 27.8. The van der Waals surface area contributed by atoms with Crippen molar-refractivity contribution in [1.82, 2.24) is 0 Å². The second kappa shape index (κ2) is 13.0. The molecular formula is C32H26Cl2N2O3. The van der Waals surface area contributed by atoms with Crippen LogP contribution in [0, 0.1) is 25.2 Å². The number of benzene rings is 4. The van der Waals surface area contributed by atoms with Crippen molar-refractivity contribution >= 4 is 40.9 Å². The van der Waals surface area contributed by atoms with Crippen LogP contribution in [0.2, 0.25) is 10.0 Å². The van der Waals surface area contributed by atoms with Crippen molar-refractivity contribution < 1.29 is 14.3 Å². The van der Waals surface area contributed by atoms with Crippen LogP contribution in [0.15, 0.2) is 90.5 Å². The van der Waals surface area contributed by atoms with E-state index in [0.717, 1.165) is 11.1 Å². The number of anilines is 1. The molecule has 0 aliphatic rings. The molecule has 0 aliphatic carbocycles. The summed E-state index contributed by atoms with van der Waals surface area (Å²) in [7, 11) is 0. The molecule has 0 aliphatic heterocycles. The van der Waals surface area contributed by atoms with Gasteiger partial charge in [-0.05, 0) is 96.8 Å². The number of halogens is 2. The smallest absolute Gasteiger partial charge is 0.266 e. The van der Waals surface area contributed by atoms with E-state index >= 15 is 0 Å². The third-order valence-electron chi connectivity index (χ3n) is 6.03. The fourth-order valence-corrected chi connectivity index (χ4v) is 4.01. The first kappa shape index (κ1) is 27.8. The molecule has 0 aromatic heterocycles. The number of hydrogen-bond acceptors (Lipinski definition) is 4. The molecule has 0 atom stereocenters. The summed E-state index contributed by atoms with van der Waals surface area (Å²) in [5.74, 6) is 0.608. The Kier molecular flexibility index (Phi) is 9.27. The van der Waals surface area contributed by atoms with Crippen molar-refractivity contribution in [3.8, 4) is 17.6 Å². The van der Waals surface area contributed by atoms with Crippen molar-refractivity contribution in [3.63, 3.8) is 0 Å². The van der Waals surface area contributed by atoms with E-state index in [1.54, 1.807) is 42.5 Å². The van der Waals surface area contributed by atoms with Crippen LogP contribution < -0.4 is 14.8 Å². The molecule has 0 saturated heterocycles. The molecular weight excluding hydrogens is 531 g/mol. The van der Waals surface area contributed by atoms with Crippen molar-refractivity contribution in [2.45, 2.75) is 27.1 Å². The number of nitriles is 1. The van der Waals surface area contributed by atoms with Crippen LogP contribution in [-0.2, 0) is 18.0 Å². The Balaban J connectivity index is 1.42. The van der Waals surface area contributed by atoms with Crippen molar-refractivity contribution in [2.75, 3.05) is 5.32 Å². The highest BCUT2D eigenvalue weighted by molar-refractivity contribution is 6.31. The van der Waals surface area contributed by atoms with Gasteiger partial charge in [0.1, 0.15) is 36.4 Å². The molecule has 7 heteroatoms. The van der Waals surface area contributed by atoms with Crippen LogP contribution in [0.4, 0.5) is 5.69 Å². The fourth-order valence-electron chi connectivity index (χ4n) is 3.70. The van der Waals surface area contributed by atoms with Gasteiger partial charge in [-0.3, -0.25) is 4.79 Å². The van der Waals surface area contributed by atoms with Gasteiger partial charge >= 0.3 is 0 Å². The Bertz CT molecular complexity index is 1540. The first-order valence-electron chi connectivity index (χ1n) is 12.2. The Morgan fingerprint density at radius 3 is 2.18 bits per heavy atom. The quantitative estimate of drug-likeness (QED) is 0.166. The maximum absolute atomic E-state index is 12.9. The van der Waals surface area contributed by atoms with Gasteiger partial charge in [0.15, 0.2) is 0 Å². The summed E-state index contributed by atoms with van der Waals surface area (Å²) in [6.07, 6.45) is 1.47. The molecule has 1 amide bonds. The number of nitrogens with one attached hydrogen (secondary N) is 1. The minimum atomic E-state index is -0.549. The summed E-state index contributed by atoms with van der Waals surface area (Å²) in [5.41, 5.74) is 5.36. The van der Waals surface area contributed by atoms with Gasteiger partial charge in [-0.15, -0.1) is 0 Å². The molecule has 5 nitrogen and oxygen atoms in total. The topological polar surface area (TPSA) is 71.3 Å². The molecule has 0 unspecified atom stereocenters. The van der Waals surface area contributed by atoms with E-state index in [-0.39, 0.29) is 5.57 Å². The van der Waals surface area contributed by atoms with Gasteiger partial charge in [0, 0.05) is 21.3 Å². The first-order valence-corrected chi connectivity index (χ1v) is 13.0. The predicted molar refractivity (Wildman–Crippen MR) is 156 cm³/mol. The molecule has 0 spiro atoms. The van der Waals surface area contributed by atoms with E-state index in [2.05, 4.69) is 25.2 Å². The number of nitrogens with zero attached hydrogens (tertiary/aromatic N) is 1. The van der Waals surface area contributed by atoms with E-state index in [0.29, 0.717) is 46.0 Å². The lowest BCUT2D eigenvalue weighted by Gasteiger charge is -2.12. The molecule has 0 heterocycles. The van der Waals surface area contributed by atoms with Crippen LogP contribution in [0.25, 0.3) is 6.08 Å². The van der Waals surface area contributed by atoms with Gasteiger partial charge in [-0.1, -0.05) is 53.5 Å². The number of aryl methyl sites for hydroxylation is 2. The number of hydrogen-bond donors (Lipinski definition) is 1. The Morgan fingerprint density at radius 2 is 1.49 bits per heavy atom. The van der Waals surface area contributed by atoms with E-state index in [9.17, 15) is 10.1 Å². The van der Waals surface area contributed by atoms with Crippen LogP contribution >= 0.6 is 23.2 Å². The fraction of sp³-hybridized carbons (Fsp3) is 0.125. The summed E-state index contributed by atoms with van der Waals surface area (Å²) in [4.78, 5) is 12.9. The van der Waals surface area contributed by atoms with Gasteiger partial charge in [0.25, 0.3) is 5.91 Å². The summed E-state index contributed by atoms with van der Waals surface area (Å²) in [5, 5.41) is 13.6. The third kappa shape index (κ3) is 7.87. The number of ether oxygens (including phenoxy) is 2. The molecule has 4 aromatic rings. The normalized spacial score (nSPS) is 11.0. The largest absolute Gasteiger partial charge is 0.489 e. The molecule has 4 rings (SSSR count). The second-order valence-corrected chi connectivity index (χ2v) is 9.83.